The SMILES string of the molecule is O=C1S/C(=C\c2ccccc2OS(=O)(=O)c2ccc(Cl)cc2)C(=O)N1CCOc1cccc2ccccc12. The van der Waals surface area contributed by atoms with Gasteiger partial charge in [-0.05, 0) is 59.6 Å². The molecule has 0 unspecified atom stereocenters. The number of rotatable bonds is 8. The smallest absolute Gasteiger partial charge is 0.339 e. The summed E-state index contributed by atoms with van der Waals surface area (Å²) in [4.78, 5) is 26.8. The Morgan fingerprint density at radius 1 is 0.842 bits per heavy atom. The first-order valence-corrected chi connectivity index (χ1v) is 14.1. The Kier molecular flexibility index (Phi) is 7.42. The van der Waals surface area contributed by atoms with Crippen molar-refractivity contribution in [1.82, 2.24) is 4.90 Å². The molecule has 1 aliphatic rings. The largest absolute Gasteiger partial charge is 0.491 e. The second-order valence-corrected chi connectivity index (χ2v) is 11.2. The van der Waals surface area contributed by atoms with E-state index in [9.17, 15) is 18.0 Å². The molecule has 192 valence electrons. The highest BCUT2D eigenvalue weighted by Gasteiger charge is 2.35. The topological polar surface area (TPSA) is 90.0 Å². The van der Waals surface area contributed by atoms with E-state index in [0.717, 1.165) is 27.4 Å². The Morgan fingerprint density at radius 3 is 2.34 bits per heavy atom. The van der Waals surface area contributed by atoms with Gasteiger partial charge in [-0.1, -0.05) is 66.2 Å². The zero-order chi connectivity index (χ0) is 26.7. The van der Waals surface area contributed by atoms with Crippen LogP contribution in [-0.4, -0.2) is 37.6 Å². The first kappa shape index (κ1) is 25.8. The van der Waals surface area contributed by atoms with Gasteiger partial charge in [0.05, 0.1) is 11.4 Å². The van der Waals surface area contributed by atoms with E-state index in [1.54, 1.807) is 18.2 Å². The normalized spacial score (nSPS) is 14.9. The molecule has 1 aliphatic heterocycles. The fourth-order valence-electron chi connectivity index (χ4n) is 3.85. The van der Waals surface area contributed by atoms with Crippen molar-refractivity contribution in [1.29, 1.82) is 0 Å². The molecule has 0 saturated carbocycles. The highest BCUT2D eigenvalue weighted by molar-refractivity contribution is 8.18. The second-order valence-electron chi connectivity index (χ2n) is 8.19. The number of thioether (sulfide) groups is 1. The lowest BCUT2D eigenvalue weighted by atomic mass is 10.1. The highest BCUT2D eigenvalue weighted by atomic mass is 35.5. The molecule has 0 aromatic heterocycles. The zero-order valence-electron chi connectivity index (χ0n) is 19.7. The van der Waals surface area contributed by atoms with Crippen molar-refractivity contribution < 1.29 is 26.9 Å². The standard InChI is InChI=1S/C28H20ClNO6S2/c29-21-12-14-22(15-13-21)38(33,34)36-24-10-4-2-7-20(24)18-26-27(31)30(28(32)37-26)16-17-35-25-11-5-8-19-6-1-3-9-23(19)25/h1-15,18H,16-17H2/b26-18-. The Hall–Kier alpha value is -3.79. The van der Waals surface area contributed by atoms with Crippen LogP contribution in [0, 0.1) is 0 Å². The van der Waals surface area contributed by atoms with Gasteiger partial charge in [-0.3, -0.25) is 14.5 Å². The molecule has 1 fully saturated rings. The predicted octanol–water partition coefficient (Wildman–Crippen LogP) is 6.38. The van der Waals surface area contributed by atoms with E-state index in [1.165, 1.54) is 36.4 Å². The molecular weight excluding hydrogens is 546 g/mol. The van der Waals surface area contributed by atoms with Crippen molar-refractivity contribution in [2.75, 3.05) is 13.2 Å². The van der Waals surface area contributed by atoms with Crippen molar-refractivity contribution in [2.24, 2.45) is 0 Å². The fourth-order valence-corrected chi connectivity index (χ4v) is 5.78. The second kappa shape index (κ2) is 10.9. The molecule has 0 bridgehead atoms. The van der Waals surface area contributed by atoms with Crippen molar-refractivity contribution in [3.05, 3.63) is 106 Å². The summed E-state index contributed by atoms with van der Waals surface area (Å²) in [7, 11) is -4.15. The van der Waals surface area contributed by atoms with Gasteiger partial charge < -0.3 is 8.92 Å². The van der Waals surface area contributed by atoms with Crippen LogP contribution in [0.2, 0.25) is 5.02 Å². The van der Waals surface area contributed by atoms with Crippen molar-refractivity contribution in [3.8, 4) is 11.5 Å². The summed E-state index contributed by atoms with van der Waals surface area (Å²) in [6.45, 7) is 0.187. The lowest BCUT2D eigenvalue weighted by molar-refractivity contribution is -0.123. The van der Waals surface area contributed by atoms with E-state index >= 15 is 0 Å². The van der Waals surface area contributed by atoms with Gasteiger partial charge in [-0.15, -0.1) is 0 Å². The zero-order valence-corrected chi connectivity index (χ0v) is 22.1. The number of para-hydroxylation sites is 1. The number of halogens is 1. The minimum Gasteiger partial charge on any atom is -0.491 e. The van der Waals surface area contributed by atoms with Crippen LogP contribution < -0.4 is 8.92 Å². The third-order valence-corrected chi connectivity index (χ3v) is 8.11. The molecule has 4 aromatic rings. The minimum atomic E-state index is -4.15. The number of amides is 2. The molecule has 5 rings (SSSR count). The maximum Gasteiger partial charge on any atom is 0.339 e. The number of benzene rings is 4. The van der Waals surface area contributed by atoms with Crippen molar-refractivity contribution in [3.63, 3.8) is 0 Å². The fraction of sp³-hybridized carbons (Fsp3) is 0.0714. The van der Waals surface area contributed by atoms with Crippen LogP contribution in [0.5, 0.6) is 11.5 Å². The number of hydrogen-bond donors (Lipinski definition) is 0. The van der Waals surface area contributed by atoms with E-state index in [4.69, 9.17) is 20.5 Å². The first-order valence-electron chi connectivity index (χ1n) is 11.5. The van der Waals surface area contributed by atoms with Gasteiger partial charge in [-0.2, -0.15) is 8.42 Å². The Balaban J connectivity index is 1.30. The molecule has 0 aliphatic carbocycles. The van der Waals surface area contributed by atoms with E-state index in [2.05, 4.69) is 0 Å². The molecule has 4 aromatic carbocycles. The summed E-state index contributed by atoms with van der Waals surface area (Å²) in [6, 6.07) is 25.4. The van der Waals surface area contributed by atoms with Crippen LogP contribution in [0.4, 0.5) is 4.79 Å². The predicted molar refractivity (Wildman–Crippen MR) is 148 cm³/mol. The van der Waals surface area contributed by atoms with Crippen LogP contribution in [0.1, 0.15) is 5.56 Å². The third kappa shape index (κ3) is 5.55. The van der Waals surface area contributed by atoms with Crippen LogP contribution in [0.25, 0.3) is 16.8 Å². The summed E-state index contributed by atoms with van der Waals surface area (Å²) in [5.41, 5.74) is 0.336. The summed E-state index contributed by atoms with van der Waals surface area (Å²) >= 11 is 6.62. The van der Waals surface area contributed by atoms with E-state index in [1.807, 2.05) is 42.5 Å². The van der Waals surface area contributed by atoms with E-state index in [-0.39, 0.29) is 28.7 Å². The molecule has 0 radical (unpaired) electrons. The minimum absolute atomic E-state index is 0.0218. The quantitative estimate of drug-likeness (QED) is 0.181. The third-order valence-electron chi connectivity index (χ3n) is 5.70. The van der Waals surface area contributed by atoms with Gasteiger partial charge in [0.1, 0.15) is 23.0 Å². The maximum atomic E-state index is 13.0. The number of imide groups is 1. The molecule has 7 nitrogen and oxygen atoms in total. The van der Waals surface area contributed by atoms with Crippen LogP contribution in [0.15, 0.2) is 101 Å². The monoisotopic (exact) mass is 565 g/mol. The molecule has 38 heavy (non-hydrogen) atoms. The lowest BCUT2D eigenvalue weighted by Crippen LogP contribution is -2.32. The molecular formula is C28H20ClNO6S2. The van der Waals surface area contributed by atoms with Gasteiger partial charge in [-0.25, -0.2) is 0 Å². The molecule has 10 heteroatoms. The first-order chi connectivity index (χ1) is 18.3. The Morgan fingerprint density at radius 2 is 1.53 bits per heavy atom. The van der Waals surface area contributed by atoms with Crippen LogP contribution in [-0.2, 0) is 14.9 Å². The van der Waals surface area contributed by atoms with Crippen LogP contribution in [0.3, 0.4) is 0 Å². The van der Waals surface area contributed by atoms with Gasteiger partial charge in [0.2, 0.25) is 0 Å². The van der Waals surface area contributed by atoms with Gasteiger partial charge >= 0.3 is 10.1 Å². The average Bonchev–Trinajstić information content (AvgIpc) is 3.17. The van der Waals surface area contributed by atoms with Gasteiger partial charge in [0, 0.05) is 16.0 Å². The number of nitrogens with zero attached hydrogens (tertiary/aromatic N) is 1. The highest BCUT2D eigenvalue weighted by Crippen LogP contribution is 2.35. The lowest BCUT2D eigenvalue weighted by Gasteiger charge is -2.14. The Bertz CT molecular complexity index is 1660. The molecule has 2 amide bonds. The molecule has 1 saturated heterocycles. The number of fused-ring (bicyclic) bond motifs is 1. The molecule has 0 spiro atoms. The number of hydrogen-bond acceptors (Lipinski definition) is 7. The van der Waals surface area contributed by atoms with E-state index < -0.39 is 21.3 Å². The van der Waals surface area contributed by atoms with Crippen molar-refractivity contribution in [2.45, 2.75) is 4.90 Å². The number of ether oxygens (including phenoxy) is 1. The average molecular weight is 566 g/mol. The summed E-state index contributed by atoms with van der Waals surface area (Å²) in [6.07, 6.45) is 1.45. The molecule has 0 atom stereocenters. The number of carbonyl (C=O) groups is 2. The molecule has 0 N–H and O–H groups in total. The Labute approximate surface area is 228 Å². The molecule has 1 heterocycles. The van der Waals surface area contributed by atoms with E-state index in [0.29, 0.717) is 16.3 Å². The maximum absolute atomic E-state index is 13.0. The summed E-state index contributed by atoms with van der Waals surface area (Å²) in [5.74, 6) is 0.198. The van der Waals surface area contributed by atoms with Gasteiger partial charge in [0.15, 0.2) is 0 Å². The number of carbonyl (C=O) groups excluding carboxylic acids is 2. The van der Waals surface area contributed by atoms with Gasteiger partial charge in [0.25, 0.3) is 11.1 Å². The summed E-state index contributed by atoms with van der Waals surface area (Å²) in [5, 5.41) is 1.92. The summed E-state index contributed by atoms with van der Waals surface area (Å²) < 4.78 is 36.7. The van der Waals surface area contributed by atoms with Crippen LogP contribution >= 0.6 is 23.4 Å². The van der Waals surface area contributed by atoms with Crippen molar-refractivity contribution >= 4 is 61.5 Å².